The lowest BCUT2D eigenvalue weighted by Crippen LogP contribution is -2.27. The Labute approximate surface area is 205 Å². The quantitative estimate of drug-likeness (QED) is 0.386. The first-order valence-corrected chi connectivity index (χ1v) is 11.3. The molecule has 0 fully saturated rings. The van der Waals surface area contributed by atoms with Crippen LogP contribution in [-0.2, 0) is 0 Å². The molecule has 0 bridgehead atoms. The average Bonchev–Trinajstić information content (AvgIpc) is 3.28. The van der Waals surface area contributed by atoms with Crippen molar-refractivity contribution in [1.29, 1.82) is 0 Å². The Morgan fingerprint density at radius 1 is 0.970 bits per heavy atom. The fraction of sp³-hybridized carbons (Fsp3) is 0.200. The van der Waals surface area contributed by atoms with Gasteiger partial charge < -0.3 is 14.2 Å². The molecule has 0 spiro atoms. The fourth-order valence-electron chi connectivity index (χ4n) is 3.80. The molecule has 8 heteroatoms. The van der Waals surface area contributed by atoms with E-state index in [0.717, 1.165) is 21.3 Å². The number of benzene rings is 3. The summed E-state index contributed by atoms with van der Waals surface area (Å²) in [6.45, 7) is 0. The molecular formula is C25H22BrClN2O4. The van der Waals surface area contributed by atoms with Gasteiger partial charge in [0, 0.05) is 21.5 Å². The summed E-state index contributed by atoms with van der Waals surface area (Å²) in [4.78, 5) is 13.7. The fourth-order valence-corrected chi connectivity index (χ4v) is 4.19. The zero-order chi connectivity index (χ0) is 23.5. The van der Waals surface area contributed by atoms with Gasteiger partial charge in [0.2, 0.25) is 5.75 Å². The second-order valence-electron chi connectivity index (χ2n) is 7.39. The van der Waals surface area contributed by atoms with Crippen LogP contribution < -0.4 is 14.2 Å². The zero-order valence-corrected chi connectivity index (χ0v) is 20.7. The summed E-state index contributed by atoms with van der Waals surface area (Å²) >= 11 is 9.53. The molecule has 0 N–H and O–H groups in total. The second kappa shape index (κ2) is 9.85. The maximum atomic E-state index is 13.7. The van der Waals surface area contributed by atoms with Gasteiger partial charge in [0.15, 0.2) is 11.5 Å². The monoisotopic (exact) mass is 528 g/mol. The Morgan fingerprint density at radius 3 is 2.12 bits per heavy atom. The lowest BCUT2D eigenvalue weighted by molar-refractivity contribution is 0.0710. The summed E-state index contributed by atoms with van der Waals surface area (Å²) < 4.78 is 17.2. The van der Waals surface area contributed by atoms with E-state index in [4.69, 9.17) is 30.9 Å². The van der Waals surface area contributed by atoms with Crippen LogP contribution in [0.1, 0.15) is 33.9 Å². The number of amides is 1. The van der Waals surface area contributed by atoms with E-state index in [1.807, 2.05) is 48.5 Å². The van der Waals surface area contributed by atoms with Crippen molar-refractivity contribution in [2.45, 2.75) is 12.5 Å². The van der Waals surface area contributed by atoms with Crippen molar-refractivity contribution in [1.82, 2.24) is 5.01 Å². The van der Waals surface area contributed by atoms with Crippen molar-refractivity contribution >= 4 is 39.1 Å². The summed E-state index contributed by atoms with van der Waals surface area (Å²) in [5.74, 6) is 0.960. The molecule has 1 aliphatic heterocycles. The molecule has 0 radical (unpaired) electrons. The summed E-state index contributed by atoms with van der Waals surface area (Å²) in [6.07, 6.45) is 0.569. The SMILES string of the molecule is COc1cc(C(=O)N2N=C(c3ccc(Cl)cc3)CC2c2ccc(Br)cc2)cc(OC)c1OC. The minimum absolute atomic E-state index is 0.268. The topological polar surface area (TPSA) is 60.4 Å². The van der Waals surface area contributed by atoms with Gasteiger partial charge in [-0.25, -0.2) is 5.01 Å². The molecule has 3 aromatic rings. The number of methoxy groups -OCH3 is 3. The van der Waals surface area contributed by atoms with Gasteiger partial charge in [0.25, 0.3) is 5.91 Å². The van der Waals surface area contributed by atoms with Crippen molar-refractivity contribution in [2.24, 2.45) is 5.10 Å². The normalized spacial score (nSPS) is 15.2. The molecule has 0 aromatic heterocycles. The molecule has 4 rings (SSSR count). The number of hydrogen-bond donors (Lipinski definition) is 0. The maximum Gasteiger partial charge on any atom is 0.274 e. The third-order valence-electron chi connectivity index (χ3n) is 5.46. The number of nitrogens with zero attached hydrogens (tertiary/aromatic N) is 2. The van der Waals surface area contributed by atoms with E-state index in [2.05, 4.69) is 15.9 Å². The number of ether oxygens (including phenoxy) is 3. The summed E-state index contributed by atoms with van der Waals surface area (Å²) in [6, 6.07) is 18.4. The molecular weight excluding hydrogens is 508 g/mol. The lowest BCUT2D eigenvalue weighted by Gasteiger charge is -2.23. The highest BCUT2D eigenvalue weighted by atomic mass is 79.9. The molecule has 6 nitrogen and oxygen atoms in total. The molecule has 0 saturated carbocycles. The number of halogens is 2. The van der Waals surface area contributed by atoms with Crippen molar-refractivity contribution in [2.75, 3.05) is 21.3 Å². The third-order valence-corrected chi connectivity index (χ3v) is 6.24. The average molecular weight is 530 g/mol. The summed E-state index contributed by atoms with van der Waals surface area (Å²) in [7, 11) is 4.56. The minimum Gasteiger partial charge on any atom is -0.493 e. The Kier molecular flexibility index (Phi) is 6.91. The first-order chi connectivity index (χ1) is 15.9. The molecule has 0 saturated heterocycles. The van der Waals surface area contributed by atoms with E-state index in [9.17, 15) is 4.79 Å². The van der Waals surface area contributed by atoms with Gasteiger partial charge in [-0.3, -0.25) is 4.79 Å². The highest BCUT2D eigenvalue weighted by Gasteiger charge is 2.34. The van der Waals surface area contributed by atoms with E-state index in [-0.39, 0.29) is 11.9 Å². The van der Waals surface area contributed by atoms with Crippen molar-refractivity contribution in [3.8, 4) is 17.2 Å². The molecule has 3 aromatic carbocycles. The molecule has 1 aliphatic rings. The van der Waals surface area contributed by atoms with Crippen molar-refractivity contribution in [3.63, 3.8) is 0 Å². The number of hydrazone groups is 1. The van der Waals surface area contributed by atoms with Gasteiger partial charge in [0.05, 0.1) is 33.1 Å². The first-order valence-electron chi connectivity index (χ1n) is 10.2. The summed E-state index contributed by atoms with van der Waals surface area (Å²) in [5, 5.41) is 6.90. The highest BCUT2D eigenvalue weighted by molar-refractivity contribution is 9.10. The van der Waals surface area contributed by atoms with Crippen LogP contribution in [0, 0.1) is 0 Å². The van der Waals surface area contributed by atoms with E-state index < -0.39 is 0 Å². The van der Waals surface area contributed by atoms with E-state index in [0.29, 0.717) is 34.3 Å². The van der Waals surface area contributed by atoms with Crippen LogP contribution in [0.25, 0.3) is 0 Å². The van der Waals surface area contributed by atoms with Crippen LogP contribution >= 0.6 is 27.5 Å². The Bertz CT molecular complexity index is 1170. The third kappa shape index (κ3) is 4.70. The minimum atomic E-state index is -0.272. The summed E-state index contributed by atoms with van der Waals surface area (Å²) in [5.41, 5.74) is 3.08. The van der Waals surface area contributed by atoms with Crippen LogP contribution in [-0.4, -0.2) is 38.0 Å². The number of carbonyl (C=O) groups excluding carboxylic acids is 1. The standard InChI is InChI=1S/C25H22BrClN2O4/c1-31-22-12-17(13-23(32-2)24(22)33-3)25(30)29-21(16-4-8-18(26)9-5-16)14-20(28-29)15-6-10-19(27)11-7-15/h4-13,21H,14H2,1-3H3. The Morgan fingerprint density at radius 2 is 1.58 bits per heavy atom. The maximum absolute atomic E-state index is 13.7. The Hall–Kier alpha value is -3.03. The smallest absolute Gasteiger partial charge is 0.274 e. The molecule has 170 valence electrons. The zero-order valence-electron chi connectivity index (χ0n) is 18.3. The molecule has 1 atom stereocenters. The largest absolute Gasteiger partial charge is 0.493 e. The van der Waals surface area contributed by atoms with E-state index in [1.165, 1.54) is 26.3 Å². The predicted octanol–water partition coefficient (Wildman–Crippen LogP) is 6.12. The van der Waals surface area contributed by atoms with Crippen LogP contribution in [0.3, 0.4) is 0 Å². The van der Waals surface area contributed by atoms with Gasteiger partial charge in [0.1, 0.15) is 0 Å². The molecule has 1 amide bonds. The number of hydrogen-bond acceptors (Lipinski definition) is 5. The second-order valence-corrected chi connectivity index (χ2v) is 8.74. The highest BCUT2D eigenvalue weighted by Crippen LogP contribution is 2.40. The van der Waals surface area contributed by atoms with Gasteiger partial charge in [-0.2, -0.15) is 5.10 Å². The predicted molar refractivity (Wildman–Crippen MR) is 132 cm³/mol. The van der Waals surface area contributed by atoms with Crippen LogP contribution in [0.2, 0.25) is 5.02 Å². The lowest BCUT2D eigenvalue weighted by atomic mass is 9.98. The number of rotatable bonds is 6. The van der Waals surface area contributed by atoms with Gasteiger partial charge in [-0.15, -0.1) is 0 Å². The van der Waals surface area contributed by atoms with Crippen LogP contribution in [0.15, 0.2) is 70.2 Å². The Balaban J connectivity index is 1.77. The van der Waals surface area contributed by atoms with Crippen LogP contribution in [0.4, 0.5) is 0 Å². The van der Waals surface area contributed by atoms with Crippen LogP contribution in [0.5, 0.6) is 17.2 Å². The van der Waals surface area contributed by atoms with Gasteiger partial charge in [-0.05, 0) is 47.5 Å². The van der Waals surface area contributed by atoms with Crippen molar-refractivity contribution < 1.29 is 19.0 Å². The first kappa shape index (κ1) is 23.1. The van der Waals surface area contributed by atoms with Crippen molar-refractivity contribution in [3.05, 3.63) is 86.8 Å². The van der Waals surface area contributed by atoms with E-state index >= 15 is 0 Å². The number of carbonyl (C=O) groups is 1. The molecule has 1 heterocycles. The van der Waals surface area contributed by atoms with E-state index in [1.54, 1.807) is 12.1 Å². The van der Waals surface area contributed by atoms with Gasteiger partial charge >= 0.3 is 0 Å². The van der Waals surface area contributed by atoms with Gasteiger partial charge in [-0.1, -0.05) is 51.8 Å². The molecule has 1 unspecified atom stereocenters. The molecule has 33 heavy (non-hydrogen) atoms. The molecule has 0 aliphatic carbocycles.